The molecule has 0 unspecified atom stereocenters. The van der Waals surface area contributed by atoms with Crippen LogP contribution in [0.15, 0.2) is 0 Å². The minimum Gasteiger partial charge on any atom is -0.298 e. The summed E-state index contributed by atoms with van der Waals surface area (Å²) < 4.78 is 0. The molecule has 0 heterocycles. The fraction of sp³-hybridized carbons (Fsp3) is 0.875. The van der Waals surface area contributed by atoms with Gasteiger partial charge in [0.1, 0.15) is 4.87 Å². The number of carbonyl (C=O) groups is 1. The summed E-state index contributed by atoms with van der Waals surface area (Å²) in [4.78, 5) is 10.5. The zero-order chi connectivity index (χ0) is 7.61. The van der Waals surface area contributed by atoms with Crippen LogP contribution < -0.4 is 0 Å². The topological polar surface area (TPSA) is 17.1 Å². The Morgan fingerprint density at radius 2 is 1.80 bits per heavy atom. The van der Waals surface area contributed by atoms with Crippen molar-refractivity contribution in [3.8, 4) is 0 Å². The van der Waals surface area contributed by atoms with E-state index in [2.05, 4.69) is 0 Å². The van der Waals surface area contributed by atoms with Crippen molar-refractivity contribution in [3.63, 3.8) is 0 Å². The highest BCUT2D eigenvalue weighted by molar-refractivity contribution is 6.34. The summed E-state index contributed by atoms with van der Waals surface area (Å²) in [5.74, 6) is 0.147. The molecule has 0 aromatic carbocycles. The Balaban J connectivity index is 2.56. The summed E-state index contributed by atoms with van der Waals surface area (Å²) in [7, 11) is 0. The molecule has 0 amide bonds. The highest BCUT2D eigenvalue weighted by Gasteiger charge is 2.33. The number of hydrogen-bond donors (Lipinski definition) is 0. The predicted octanol–water partition coefficient (Wildman–Crippen LogP) is 2.52. The molecular formula is C8H13ClO. The lowest BCUT2D eigenvalue weighted by molar-refractivity contribution is -0.120. The first-order chi connectivity index (χ1) is 4.65. The van der Waals surface area contributed by atoms with Gasteiger partial charge in [0.15, 0.2) is 5.78 Å². The number of hydrogen-bond acceptors (Lipinski definition) is 1. The van der Waals surface area contributed by atoms with Crippen LogP contribution in [0.4, 0.5) is 0 Å². The molecule has 1 rings (SSSR count). The van der Waals surface area contributed by atoms with Crippen LogP contribution >= 0.6 is 11.6 Å². The summed E-state index contributed by atoms with van der Waals surface area (Å²) >= 11 is 6.06. The second kappa shape index (κ2) is 2.91. The van der Waals surface area contributed by atoms with Gasteiger partial charge in [-0.3, -0.25) is 4.79 Å². The van der Waals surface area contributed by atoms with Gasteiger partial charge >= 0.3 is 0 Å². The summed E-state index contributed by atoms with van der Waals surface area (Å²) in [6.07, 6.45) is 5.22. The molecule has 0 aromatic rings. The summed E-state index contributed by atoms with van der Waals surface area (Å²) in [6, 6.07) is 0. The maximum absolute atomic E-state index is 11.0. The zero-order valence-electron chi connectivity index (χ0n) is 6.32. The number of Topliss-reactive ketones (excluding diaryl/α,β-unsaturated/α-hetero) is 1. The average molecular weight is 161 g/mol. The molecule has 0 spiro atoms. The molecule has 1 aliphatic rings. The molecule has 1 nitrogen and oxygen atoms in total. The molecule has 0 bridgehead atoms. The molecule has 0 N–H and O–H groups in total. The van der Waals surface area contributed by atoms with Gasteiger partial charge in [0, 0.05) is 0 Å². The first kappa shape index (κ1) is 8.06. The Kier molecular flexibility index (Phi) is 2.35. The van der Waals surface area contributed by atoms with Gasteiger partial charge in [-0.05, 0) is 19.8 Å². The molecular weight excluding hydrogens is 148 g/mol. The second-order valence-corrected chi connectivity index (χ2v) is 3.81. The van der Waals surface area contributed by atoms with Crippen LogP contribution in [0.25, 0.3) is 0 Å². The molecule has 1 saturated carbocycles. The van der Waals surface area contributed by atoms with Crippen molar-refractivity contribution in [2.75, 3.05) is 0 Å². The third-order valence-corrected chi connectivity index (χ3v) is 2.92. The third-order valence-electron chi connectivity index (χ3n) is 2.28. The van der Waals surface area contributed by atoms with Crippen molar-refractivity contribution < 1.29 is 4.79 Å². The van der Waals surface area contributed by atoms with E-state index in [0.717, 1.165) is 25.7 Å². The van der Waals surface area contributed by atoms with E-state index in [0.29, 0.717) is 0 Å². The summed E-state index contributed by atoms with van der Waals surface area (Å²) in [6.45, 7) is 1.60. The fourth-order valence-electron chi connectivity index (χ4n) is 1.46. The normalized spacial score (nSPS) is 24.2. The molecule has 2 heteroatoms. The molecule has 0 aromatic heterocycles. The van der Waals surface area contributed by atoms with Crippen LogP contribution in [0, 0.1) is 0 Å². The zero-order valence-corrected chi connectivity index (χ0v) is 7.08. The molecule has 0 saturated heterocycles. The monoisotopic (exact) mass is 160 g/mol. The first-order valence-electron chi connectivity index (χ1n) is 3.85. The quantitative estimate of drug-likeness (QED) is 0.539. The van der Waals surface area contributed by atoms with E-state index in [9.17, 15) is 4.79 Å². The Hall–Kier alpha value is -0.0400. The number of carbonyl (C=O) groups excluding carboxylic acids is 1. The van der Waals surface area contributed by atoms with Crippen LogP contribution in [0.5, 0.6) is 0 Å². The van der Waals surface area contributed by atoms with Crippen molar-refractivity contribution in [1.82, 2.24) is 0 Å². The van der Waals surface area contributed by atoms with E-state index in [1.54, 1.807) is 6.92 Å². The summed E-state index contributed by atoms with van der Waals surface area (Å²) in [5.41, 5.74) is 0. The Morgan fingerprint density at radius 1 is 1.30 bits per heavy atom. The smallest absolute Gasteiger partial charge is 0.150 e. The molecule has 0 aliphatic heterocycles. The van der Waals surface area contributed by atoms with Crippen molar-refractivity contribution in [2.45, 2.75) is 43.9 Å². The predicted molar refractivity (Wildman–Crippen MR) is 42.4 cm³/mol. The third kappa shape index (κ3) is 1.51. The minimum atomic E-state index is -0.488. The lowest BCUT2D eigenvalue weighted by Crippen LogP contribution is -2.32. The standard InChI is InChI=1S/C8H13ClO/c1-7(10)8(9)5-3-2-4-6-8/h2-6H2,1H3. The van der Waals surface area contributed by atoms with Crippen molar-refractivity contribution in [1.29, 1.82) is 0 Å². The highest BCUT2D eigenvalue weighted by Crippen LogP contribution is 2.34. The molecule has 1 fully saturated rings. The van der Waals surface area contributed by atoms with Crippen LogP contribution in [0.2, 0.25) is 0 Å². The number of alkyl halides is 1. The number of rotatable bonds is 1. The Morgan fingerprint density at radius 3 is 2.10 bits per heavy atom. The van der Waals surface area contributed by atoms with E-state index in [1.165, 1.54) is 6.42 Å². The van der Waals surface area contributed by atoms with Crippen LogP contribution in [0.3, 0.4) is 0 Å². The molecule has 1 aliphatic carbocycles. The highest BCUT2D eigenvalue weighted by atomic mass is 35.5. The fourth-order valence-corrected chi connectivity index (χ4v) is 1.73. The van der Waals surface area contributed by atoms with Gasteiger partial charge in [0.2, 0.25) is 0 Å². The van der Waals surface area contributed by atoms with E-state index >= 15 is 0 Å². The van der Waals surface area contributed by atoms with Gasteiger partial charge in [-0.25, -0.2) is 0 Å². The molecule has 0 radical (unpaired) electrons. The maximum Gasteiger partial charge on any atom is 0.150 e. The van der Waals surface area contributed by atoms with Crippen molar-refractivity contribution >= 4 is 17.4 Å². The second-order valence-electron chi connectivity index (χ2n) is 3.08. The molecule has 58 valence electrons. The van der Waals surface area contributed by atoms with E-state index < -0.39 is 4.87 Å². The first-order valence-corrected chi connectivity index (χ1v) is 4.23. The largest absolute Gasteiger partial charge is 0.298 e. The number of ketones is 1. The van der Waals surface area contributed by atoms with E-state index in [4.69, 9.17) is 11.6 Å². The maximum atomic E-state index is 11.0. The van der Waals surface area contributed by atoms with Gasteiger partial charge in [-0.1, -0.05) is 19.3 Å². The van der Waals surface area contributed by atoms with Gasteiger partial charge in [-0.2, -0.15) is 0 Å². The number of halogens is 1. The Bertz CT molecular complexity index is 136. The van der Waals surface area contributed by atoms with E-state index in [-0.39, 0.29) is 5.78 Å². The Labute approximate surface area is 66.8 Å². The van der Waals surface area contributed by atoms with Crippen LogP contribution in [-0.4, -0.2) is 10.7 Å². The lowest BCUT2D eigenvalue weighted by Gasteiger charge is -2.27. The average Bonchev–Trinajstić information content (AvgIpc) is 1.89. The van der Waals surface area contributed by atoms with Gasteiger partial charge < -0.3 is 0 Å². The van der Waals surface area contributed by atoms with Gasteiger partial charge in [-0.15, -0.1) is 11.6 Å². The van der Waals surface area contributed by atoms with Crippen LogP contribution in [0.1, 0.15) is 39.0 Å². The SMILES string of the molecule is CC(=O)C1(Cl)CCCCC1. The van der Waals surface area contributed by atoms with Crippen LogP contribution in [-0.2, 0) is 4.79 Å². The lowest BCUT2D eigenvalue weighted by atomic mass is 9.86. The molecule has 10 heavy (non-hydrogen) atoms. The van der Waals surface area contributed by atoms with Crippen molar-refractivity contribution in [2.24, 2.45) is 0 Å². The van der Waals surface area contributed by atoms with Gasteiger partial charge in [0.05, 0.1) is 0 Å². The minimum absolute atomic E-state index is 0.147. The van der Waals surface area contributed by atoms with Crippen molar-refractivity contribution in [3.05, 3.63) is 0 Å². The van der Waals surface area contributed by atoms with Gasteiger partial charge in [0.25, 0.3) is 0 Å². The molecule has 0 atom stereocenters. The summed E-state index contributed by atoms with van der Waals surface area (Å²) in [5, 5.41) is 0. The van der Waals surface area contributed by atoms with E-state index in [1.807, 2.05) is 0 Å².